The fourth-order valence-corrected chi connectivity index (χ4v) is 2.41. The summed E-state index contributed by atoms with van der Waals surface area (Å²) in [7, 11) is 1.66. The molecule has 3 rings (SSSR count). The molecule has 0 unspecified atom stereocenters. The van der Waals surface area contributed by atoms with Crippen LogP contribution in [0.4, 0.5) is 0 Å². The Morgan fingerprint density at radius 2 is 1.76 bits per heavy atom. The van der Waals surface area contributed by atoms with Gasteiger partial charge in [0.25, 0.3) is 0 Å². The zero-order valence-corrected chi connectivity index (χ0v) is 13.1. The first-order valence-corrected chi connectivity index (χ1v) is 7.35. The monoisotopic (exact) mass is 343 g/mol. The molecule has 0 saturated carbocycles. The summed E-state index contributed by atoms with van der Waals surface area (Å²) in [6.45, 7) is 0.525. The molecule has 21 heavy (non-hydrogen) atoms. The molecule has 0 atom stereocenters. The fourth-order valence-electron chi connectivity index (χ4n) is 2.06. The van der Waals surface area contributed by atoms with Crippen LogP contribution in [0.5, 0.6) is 11.5 Å². The zero-order chi connectivity index (χ0) is 14.7. The molecule has 0 spiro atoms. The highest BCUT2D eigenvalue weighted by Crippen LogP contribution is 2.23. The van der Waals surface area contributed by atoms with Crippen molar-refractivity contribution in [2.75, 3.05) is 7.11 Å². The molecule has 0 aliphatic heterocycles. The van der Waals surface area contributed by atoms with Gasteiger partial charge in [0.1, 0.15) is 18.1 Å². The van der Waals surface area contributed by atoms with Gasteiger partial charge in [0, 0.05) is 16.1 Å². The molecule has 3 aromatic rings. The quantitative estimate of drug-likeness (QED) is 0.694. The van der Waals surface area contributed by atoms with Gasteiger partial charge in [0.05, 0.1) is 12.6 Å². The van der Waals surface area contributed by atoms with E-state index in [0.717, 1.165) is 32.4 Å². The standard InChI is InChI=1S/C17H14BrNO2/c1-20-15-4-2-12(3-5-15)11-21-16-6-7-17-13(9-16)8-14(18)10-19-17/h2-10H,11H2,1H3. The summed E-state index contributed by atoms with van der Waals surface area (Å²) in [4.78, 5) is 4.34. The van der Waals surface area contributed by atoms with Gasteiger partial charge in [-0.1, -0.05) is 12.1 Å². The van der Waals surface area contributed by atoms with Gasteiger partial charge in [-0.3, -0.25) is 4.98 Å². The second-order valence-electron chi connectivity index (χ2n) is 4.64. The number of aromatic nitrogens is 1. The Hall–Kier alpha value is -2.07. The Morgan fingerprint density at radius 1 is 1.00 bits per heavy atom. The third-order valence-electron chi connectivity index (χ3n) is 3.18. The van der Waals surface area contributed by atoms with Crippen LogP contribution in [0.2, 0.25) is 0 Å². The van der Waals surface area contributed by atoms with Crippen LogP contribution >= 0.6 is 15.9 Å². The van der Waals surface area contributed by atoms with Crippen molar-refractivity contribution in [1.82, 2.24) is 4.98 Å². The lowest BCUT2D eigenvalue weighted by Gasteiger charge is -2.08. The summed E-state index contributed by atoms with van der Waals surface area (Å²) >= 11 is 3.43. The van der Waals surface area contributed by atoms with Gasteiger partial charge in [-0.05, 0) is 57.9 Å². The Morgan fingerprint density at radius 3 is 2.52 bits per heavy atom. The average Bonchev–Trinajstić information content (AvgIpc) is 2.53. The Balaban J connectivity index is 1.74. The summed E-state index contributed by atoms with van der Waals surface area (Å²) < 4.78 is 11.9. The van der Waals surface area contributed by atoms with Crippen molar-refractivity contribution in [2.45, 2.75) is 6.61 Å². The molecule has 2 aromatic carbocycles. The van der Waals surface area contributed by atoms with Gasteiger partial charge in [-0.15, -0.1) is 0 Å². The van der Waals surface area contributed by atoms with E-state index in [2.05, 4.69) is 20.9 Å². The molecule has 1 heterocycles. The molecule has 0 saturated heterocycles. The van der Waals surface area contributed by atoms with E-state index in [1.807, 2.05) is 48.5 Å². The first kappa shape index (κ1) is 13.9. The zero-order valence-electron chi connectivity index (χ0n) is 11.5. The van der Waals surface area contributed by atoms with Crippen LogP contribution < -0.4 is 9.47 Å². The van der Waals surface area contributed by atoms with Gasteiger partial charge in [-0.2, -0.15) is 0 Å². The number of ether oxygens (including phenoxy) is 2. The first-order chi connectivity index (χ1) is 10.2. The van der Waals surface area contributed by atoms with Crippen molar-refractivity contribution >= 4 is 26.8 Å². The topological polar surface area (TPSA) is 31.4 Å². The van der Waals surface area contributed by atoms with Gasteiger partial charge < -0.3 is 9.47 Å². The number of benzene rings is 2. The van der Waals surface area contributed by atoms with Gasteiger partial charge >= 0.3 is 0 Å². The second kappa shape index (κ2) is 6.14. The molecule has 0 radical (unpaired) electrons. The van der Waals surface area contributed by atoms with Crippen LogP contribution in [-0.2, 0) is 6.61 Å². The van der Waals surface area contributed by atoms with Crippen LogP contribution in [0.1, 0.15) is 5.56 Å². The van der Waals surface area contributed by atoms with E-state index in [1.54, 1.807) is 13.3 Å². The third kappa shape index (κ3) is 3.34. The lowest BCUT2D eigenvalue weighted by molar-refractivity contribution is 0.306. The number of rotatable bonds is 4. The molecule has 4 heteroatoms. The van der Waals surface area contributed by atoms with Crippen molar-refractivity contribution in [3.63, 3.8) is 0 Å². The molecular formula is C17H14BrNO2. The van der Waals surface area contributed by atoms with Crippen molar-refractivity contribution in [3.8, 4) is 11.5 Å². The van der Waals surface area contributed by atoms with Crippen molar-refractivity contribution < 1.29 is 9.47 Å². The summed E-state index contributed by atoms with van der Waals surface area (Å²) in [5, 5.41) is 1.05. The van der Waals surface area contributed by atoms with E-state index in [-0.39, 0.29) is 0 Å². The van der Waals surface area contributed by atoms with Crippen LogP contribution in [0.15, 0.2) is 59.2 Å². The molecule has 0 aliphatic carbocycles. The molecular weight excluding hydrogens is 330 g/mol. The van der Waals surface area contributed by atoms with Crippen LogP contribution in [0, 0.1) is 0 Å². The number of halogens is 1. The second-order valence-corrected chi connectivity index (χ2v) is 5.56. The minimum atomic E-state index is 0.525. The average molecular weight is 344 g/mol. The molecule has 0 N–H and O–H groups in total. The molecule has 1 aromatic heterocycles. The lowest BCUT2D eigenvalue weighted by atomic mass is 10.2. The molecule has 0 amide bonds. The maximum Gasteiger partial charge on any atom is 0.120 e. The smallest absolute Gasteiger partial charge is 0.120 e. The van der Waals surface area contributed by atoms with Crippen LogP contribution in [-0.4, -0.2) is 12.1 Å². The summed E-state index contributed by atoms with van der Waals surface area (Å²) in [5.74, 6) is 1.68. The molecule has 0 fully saturated rings. The molecule has 106 valence electrons. The number of hydrogen-bond donors (Lipinski definition) is 0. The fraction of sp³-hybridized carbons (Fsp3) is 0.118. The molecule has 0 bridgehead atoms. The molecule has 3 nitrogen and oxygen atoms in total. The highest BCUT2D eigenvalue weighted by atomic mass is 79.9. The number of methoxy groups -OCH3 is 1. The largest absolute Gasteiger partial charge is 0.497 e. The van der Waals surface area contributed by atoms with E-state index < -0.39 is 0 Å². The number of nitrogens with zero attached hydrogens (tertiary/aromatic N) is 1. The number of pyridine rings is 1. The lowest BCUT2D eigenvalue weighted by Crippen LogP contribution is -1.95. The normalized spacial score (nSPS) is 10.6. The highest BCUT2D eigenvalue weighted by Gasteiger charge is 2.01. The van der Waals surface area contributed by atoms with Crippen molar-refractivity contribution in [1.29, 1.82) is 0 Å². The summed E-state index contributed by atoms with van der Waals surface area (Å²) in [6, 6.07) is 15.8. The SMILES string of the molecule is COc1ccc(COc2ccc3ncc(Br)cc3c2)cc1. The first-order valence-electron chi connectivity index (χ1n) is 6.55. The van der Waals surface area contributed by atoms with E-state index >= 15 is 0 Å². The Labute approximate surface area is 131 Å². The maximum atomic E-state index is 5.83. The van der Waals surface area contributed by atoms with Gasteiger partial charge in [0.2, 0.25) is 0 Å². The highest BCUT2D eigenvalue weighted by molar-refractivity contribution is 9.10. The Bertz CT molecular complexity index is 756. The predicted molar refractivity (Wildman–Crippen MR) is 86.8 cm³/mol. The van der Waals surface area contributed by atoms with Crippen LogP contribution in [0.3, 0.4) is 0 Å². The summed E-state index contributed by atoms with van der Waals surface area (Å²) in [6.07, 6.45) is 1.79. The maximum absolute atomic E-state index is 5.83. The van der Waals surface area contributed by atoms with E-state index in [0.29, 0.717) is 6.61 Å². The Kier molecular flexibility index (Phi) is 4.06. The summed E-state index contributed by atoms with van der Waals surface area (Å²) in [5.41, 5.74) is 2.05. The van der Waals surface area contributed by atoms with Crippen LogP contribution in [0.25, 0.3) is 10.9 Å². The third-order valence-corrected chi connectivity index (χ3v) is 3.62. The van der Waals surface area contributed by atoms with Crippen molar-refractivity contribution in [3.05, 3.63) is 64.8 Å². The van der Waals surface area contributed by atoms with Gasteiger partial charge in [0.15, 0.2) is 0 Å². The van der Waals surface area contributed by atoms with E-state index in [4.69, 9.17) is 9.47 Å². The van der Waals surface area contributed by atoms with E-state index in [9.17, 15) is 0 Å². The number of hydrogen-bond acceptors (Lipinski definition) is 3. The predicted octanol–water partition coefficient (Wildman–Crippen LogP) is 4.58. The molecule has 0 aliphatic rings. The van der Waals surface area contributed by atoms with E-state index in [1.165, 1.54) is 0 Å². The van der Waals surface area contributed by atoms with Crippen molar-refractivity contribution in [2.24, 2.45) is 0 Å². The minimum Gasteiger partial charge on any atom is -0.497 e. The van der Waals surface area contributed by atoms with Gasteiger partial charge in [-0.25, -0.2) is 0 Å². The number of fused-ring (bicyclic) bond motifs is 1. The minimum absolute atomic E-state index is 0.525.